The Labute approximate surface area is 210 Å². The van der Waals surface area contributed by atoms with Gasteiger partial charge in [-0.2, -0.15) is 4.72 Å². The van der Waals surface area contributed by atoms with Gasteiger partial charge in [-0.25, -0.2) is 8.42 Å². The van der Waals surface area contributed by atoms with E-state index in [9.17, 15) is 23.1 Å². The Kier molecular flexibility index (Phi) is 7.65. The number of nitrogens with one attached hydrogen (secondary N) is 2. The third-order valence-electron chi connectivity index (χ3n) is 7.58. The van der Waals surface area contributed by atoms with E-state index >= 15 is 0 Å². The smallest absolute Gasteiger partial charge is 0.323 e. The van der Waals surface area contributed by atoms with Crippen LogP contribution in [0.3, 0.4) is 0 Å². The van der Waals surface area contributed by atoms with E-state index in [1.54, 1.807) is 12.4 Å². The average molecular weight is 520 g/mol. The number of aryl methyl sites for hydroxylation is 2. The maximum Gasteiger partial charge on any atom is 0.323 e. The molecule has 2 aromatic heterocycles. The number of sulfonamides is 1. The second-order valence-corrected chi connectivity index (χ2v) is 11.5. The van der Waals surface area contributed by atoms with Crippen LogP contribution < -0.4 is 14.9 Å². The fraction of sp³-hybridized carbons (Fsp3) is 0.583. The lowest BCUT2D eigenvalue weighted by atomic mass is 9.65. The zero-order valence-corrected chi connectivity index (χ0v) is 21.4. The van der Waals surface area contributed by atoms with Crippen LogP contribution in [0.15, 0.2) is 33.9 Å². The zero-order valence-electron chi connectivity index (χ0n) is 20.6. The van der Waals surface area contributed by atoms with E-state index in [0.29, 0.717) is 0 Å². The van der Waals surface area contributed by atoms with Crippen molar-refractivity contribution in [3.8, 4) is 0 Å². The van der Waals surface area contributed by atoms with Crippen LogP contribution in [0, 0.1) is 25.2 Å². The first-order valence-electron chi connectivity index (χ1n) is 12.2. The number of nitrogens with zero attached hydrogens (tertiary/aromatic N) is 3. The first-order chi connectivity index (χ1) is 17.1. The average Bonchev–Trinajstić information content (AvgIpc) is 3.21. The topological polar surface area (TPSA) is 155 Å². The number of hydrogen-bond donors (Lipinski definition) is 3. The number of rotatable bonds is 8. The Morgan fingerprint density at radius 3 is 2.36 bits per heavy atom. The Bertz CT molecular complexity index is 1160. The lowest BCUT2D eigenvalue weighted by Gasteiger charge is -2.46. The van der Waals surface area contributed by atoms with Gasteiger partial charge in [0.2, 0.25) is 15.9 Å². The van der Waals surface area contributed by atoms with E-state index in [-0.39, 0.29) is 40.1 Å². The Morgan fingerprint density at radius 2 is 1.81 bits per heavy atom. The van der Waals surface area contributed by atoms with Gasteiger partial charge in [-0.3, -0.25) is 14.6 Å². The largest absolute Gasteiger partial charge is 0.480 e. The highest BCUT2D eigenvalue weighted by atomic mass is 32.2. The van der Waals surface area contributed by atoms with Crippen LogP contribution in [-0.2, 0) is 19.6 Å². The number of carbonyl (C=O) groups excluding carboxylic acids is 1. The van der Waals surface area contributed by atoms with Crippen molar-refractivity contribution >= 4 is 27.6 Å². The molecular weight excluding hydrogens is 486 g/mol. The number of anilines is 1. The molecule has 2 aliphatic rings. The van der Waals surface area contributed by atoms with Crippen LogP contribution in [0.25, 0.3) is 0 Å². The molecule has 36 heavy (non-hydrogen) atoms. The minimum Gasteiger partial charge on any atom is -0.480 e. The molecule has 1 saturated heterocycles. The van der Waals surface area contributed by atoms with E-state index in [4.69, 9.17) is 4.52 Å². The van der Waals surface area contributed by atoms with Crippen molar-refractivity contribution in [2.24, 2.45) is 11.3 Å². The second-order valence-electron chi connectivity index (χ2n) is 9.88. The maximum absolute atomic E-state index is 12.8. The molecule has 3 heterocycles. The Morgan fingerprint density at radius 1 is 1.17 bits per heavy atom. The number of aromatic nitrogens is 2. The summed E-state index contributed by atoms with van der Waals surface area (Å²) in [7, 11) is -4.18. The highest BCUT2D eigenvalue weighted by Crippen LogP contribution is 2.46. The highest BCUT2D eigenvalue weighted by Gasteiger charge is 2.40. The standard InChI is InChI=1S/C24H33N5O6S/c1-16-21(17(2)35-27-16)36(33,34)28-20(23(31)32)15-26-22(30)18-3-7-24(8-4-18)9-13-29(14-10-24)19-5-11-25-12-6-19/h5-6,11-12,18,20,28H,3-4,7-10,13-15H2,1-2H3,(H,26,30)(H,31,32)/t20-/m0/s1. The number of aliphatic carboxylic acids is 1. The second kappa shape index (κ2) is 10.6. The van der Waals surface area contributed by atoms with Gasteiger partial charge in [0.15, 0.2) is 5.76 Å². The molecule has 1 amide bonds. The molecule has 1 aliphatic carbocycles. The third kappa shape index (κ3) is 5.70. The molecule has 4 rings (SSSR count). The minimum absolute atomic E-state index is 0.0657. The summed E-state index contributed by atoms with van der Waals surface area (Å²) in [6.07, 6.45) is 9.16. The lowest BCUT2D eigenvalue weighted by molar-refractivity contribution is -0.139. The van der Waals surface area contributed by atoms with Crippen LogP contribution in [0.5, 0.6) is 0 Å². The number of amides is 1. The van der Waals surface area contributed by atoms with Gasteiger partial charge >= 0.3 is 5.97 Å². The molecule has 0 aromatic carbocycles. The van der Waals surface area contributed by atoms with E-state index in [2.05, 4.69) is 25.1 Å². The SMILES string of the molecule is Cc1noc(C)c1S(=O)(=O)N[C@@H](CNC(=O)C1CCC2(CC1)CCN(c1ccncc1)CC2)C(=O)O. The van der Waals surface area contributed by atoms with Crippen molar-refractivity contribution in [2.45, 2.75) is 63.3 Å². The molecule has 0 bridgehead atoms. The summed E-state index contributed by atoms with van der Waals surface area (Å²) in [5.41, 5.74) is 1.57. The fourth-order valence-electron chi connectivity index (χ4n) is 5.42. The van der Waals surface area contributed by atoms with Crippen molar-refractivity contribution in [3.05, 3.63) is 36.0 Å². The predicted molar refractivity (Wildman–Crippen MR) is 131 cm³/mol. The van der Waals surface area contributed by atoms with Crippen LogP contribution >= 0.6 is 0 Å². The van der Waals surface area contributed by atoms with Crippen LogP contribution in [0.1, 0.15) is 50.0 Å². The summed E-state index contributed by atoms with van der Waals surface area (Å²) in [5.74, 6) is -1.76. The van der Waals surface area contributed by atoms with Gasteiger partial charge in [0.05, 0.1) is 0 Å². The zero-order chi connectivity index (χ0) is 25.9. The Balaban J connectivity index is 1.27. The predicted octanol–water partition coefficient (Wildman–Crippen LogP) is 2.01. The van der Waals surface area contributed by atoms with Gasteiger partial charge in [0, 0.05) is 43.6 Å². The van der Waals surface area contributed by atoms with E-state index in [1.165, 1.54) is 19.5 Å². The van der Waals surface area contributed by atoms with Crippen molar-refractivity contribution in [3.63, 3.8) is 0 Å². The van der Waals surface area contributed by atoms with Crippen LogP contribution in [0.2, 0.25) is 0 Å². The van der Waals surface area contributed by atoms with Gasteiger partial charge < -0.3 is 19.8 Å². The first-order valence-corrected chi connectivity index (χ1v) is 13.7. The minimum atomic E-state index is -4.18. The van der Waals surface area contributed by atoms with E-state index in [0.717, 1.165) is 51.6 Å². The third-order valence-corrected chi connectivity index (χ3v) is 9.30. The molecule has 0 radical (unpaired) electrons. The Hall–Kier alpha value is -2.99. The van der Waals surface area contributed by atoms with Gasteiger partial charge in [-0.05, 0) is 69.9 Å². The van der Waals surface area contributed by atoms with Crippen LogP contribution in [0.4, 0.5) is 5.69 Å². The lowest BCUT2D eigenvalue weighted by Crippen LogP contribution is -2.50. The van der Waals surface area contributed by atoms with E-state index in [1.807, 2.05) is 12.1 Å². The molecule has 12 heteroatoms. The van der Waals surface area contributed by atoms with Gasteiger partial charge in [-0.15, -0.1) is 0 Å². The van der Waals surface area contributed by atoms with Gasteiger partial charge in [0.25, 0.3) is 0 Å². The first kappa shape index (κ1) is 26.1. The molecule has 196 valence electrons. The van der Waals surface area contributed by atoms with Gasteiger partial charge in [-0.1, -0.05) is 5.16 Å². The number of carboxylic acid groups (broad SMARTS) is 1. The monoisotopic (exact) mass is 519 g/mol. The molecule has 2 aromatic rings. The summed E-state index contributed by atoms with van der Waals surface area (Å²) in [6.45, 7) is 4.50. The quantitative estimate of drug-likeness (QED) is 0.475. The molecule has 1 atom stereocenters. The number of pyridine rings is 1. The number of carboxylic acids is 1. The molecule has 11 nitrogen and oxygen atoms in total. The summed E-state index contributed by atoms with van der Waals surface area (Å²) < 4.78 is 32.4. The summed E-state index contributed by atoms with van der Waals surface area (Å²) in [6, 6.07) is 2.54. The maximum atomic E-state index is 12.8. The van der Waals surface area contributed by atoms with Crippen molar-refractivity contribution in [1.82, 2.24) is 20.2 Å². The summed E-state index contributed by atoms with van der Waals surface area (Å²) in [5, 5.41) is 15.8. The molecule has 0 unspecified atom stereocenters. The van der Waals surface area contributed by atoms with Crippen molar-refractivity contribution < 1.29 is 27.6 Å². The molecule has 1 spiro atoms. The molecule has 1 aliphatic heterocycles. The van der Waals surface area contributed by atoms with Crippen molar-refractivity contribution in [2.75, 3.05) is 24.5 Å². The van der Waals surface area contributed by atoms with Gasteiger partial charge in [0.1, 0.15) is 16.6 Å². The fourth-order valence-corrected chi connectivity index (χ4v) is 6.94. The molecule has 1 saturated carbocycles. The molecule has 2 fully saturated rings. The van der Waals surface area contributed by atoms with Crippen LogP contribution in [-0.4, -0.2) is 61.2 Å². The van der Waals surface area contributed by atoms with E-state index < -0.39 is 22.0 Å². The number of hydrogen-bond acceptors (Lipinski definition) is 8. The summed E-state index contributed by atoms with van der Waals surface area (Å²) in [4.78, 5) is 30.8. The summed E-state index contributed by atoms with van der Waals surface area (Å²) >= 11 is 0. The highest BCUT2D eigenvalue weighted by molar-refractivity contribution is 7.89. The molecule has 3 N–H and O–H groups in total. The molecular formula is C24H33N5O6S. The number of piperidine rings is 1. The van der Waals surface area contributed by atoms with Crippen molar-refractivity contribution in [1.29, 1.82) is 0 Å². The normalized spacial score (nSPS) is 19.2. The number of carbonyl (C=O) groups is 2.